The second-order valence-electron chi connectivity index (χ2n) is 4.36. The van der Waals surface area contributed by atoms with Crippen LogP contribution in [-0.4, -0.2) is 22.0 Å². The van der Waals surface area contributed by atoms with Gasteiger partial charge in [0.25, 0.3) is 0 Å². The van der Waals surface area contributed by atoms with Crippen LogP contribution < -0.4 is 4.74 Å². The largest absolute Gasteiger partial charge is 0.493 e. The van der Waals surface area contributed by atoms with Crippen molar-refractivity contribution in [2.24, 2.45) is 0 Å². The van der Waals surface area contributed by atoms with Gasteiger partial charge >= 0.3 is 0 Å². The zero-order valence-electron chi connectivity index (χ0n) is 11.3. The number of methoxy groups -OCH3 is 1. The molecule has 1 atom stereocenters. The van der Waals surface area contributed by atoms with Crippen molar-refractivity contribution in [1.29, 1.82) is 0 Å². The highest BCUT2D eigenvalue weighted by molar-refractivity contribution is 9.10. The first-order valence-corrected chi connectivity index (χ1v) is 7.11. The van der Waals surface area contributed by atoms with Crippen LogP contribution in [-0.2, 0) is 6.54 Å². The summed E-state index contributed by atoms with van der Waals surface area (Å²) >= 11 is 3.27. The molecule has 0 saturated heterocycles. The molecule has 4 nitrogen and oxygen atoms in total. The summed E-state index contributed by atoms with van der Waals surface area (Å²) in [4.78, 5) is 0. The fraction of sp³-hybridized carbons (Fsp3) is 0.357. The summed E-state index contributed by atoms with van der Waals surface area (Å²) < 4.78 is 21.4. The van der Waals surface area contributed by atoms with Crippen LogP contribution in [0.15, 0.2) is 28.9 Å². The van der Waals surface area contributed by atoms with E-state index in [1.807, 2.05) is 6.92 Å². The molecule has 0 amide bonds. The summed E-state index contributed by atoms with van der Waals surface area (Å²) in [5.74, 6) is -0.0284. The third-order valence-corrected chi connectivity index (χ3v) is 3.72. The van der Waals surface area contributed by atoms with Crippen LogP contribution in [0.2, 0.25) is 0 Å². The van der Waals surface area contributed by atoms with Gasteiger partial charge in [0.1, 0.15) is 17.6 Å². The van der Waals surface area contributed by atoms with Crippen LogP contribution in [0.5, 0.6) is 5.75 Å². The van der Waals surface area contributed by atoms with Crippen molar-refractivity contribution < 1.29 is 14.2 Å². The molecule has 0 aliphatic carbocycles. The lowest BCUT2D eigenvalue weighted by Crippen LogP contribution is -2.13. The molecule has 1 aromatic heterocycles. The van der Waals surface area contributed by atoms with Crippen LogP contribution >= 0.6 is 15.9 Å². The average molecular weight is 343 g/mol. The van der Waals surface area contributed by atoms with Gasteiger partial charge in [-0.2, -0.15) is 5.10 Å². The van der Waals surface area contributed by atoms with E-state index in [0.717, 1.165) is 6.42 Å². The highest BCUT2D eigenvalue weighted by Crippen LogP contribution is 2.35. The Labute approximate surface area is 125 Å². The highest BCUT2D eigenvalue weighted by Gasteiger charge is 2.25. The molecule has 1 unspecified atom stereocenters. The van der Waals surface area contributed by atoms with Crippen molar-refractivity contribution in [3.8, 4) is 5.75 Å². The van der Waals surface area contributed by atoms with E-state index in [4.69, 9.17) is 4.74 Å². The maximum Gasteiger partial charge on any atom is 0.163 e. The zero-order valence-corrected chi connectivity index (χ0v) is 12.9. The molecule has 1 aromatic carbocycles. The van der Waals surface area contributed by atoms with Crippen LogP contribution in [0.3, 0.4) is 0 Å². The Balaban J connectivity index is 2.52. The maximum atomic E-state index is 14.0. The maximum absolute atomic E-state index is 14.0. The standard InChI is InChI=1S/C14H16BrFN2O2/c1-3-7-18-13(11(20-2)8-17-18)14(19)12-9(15)5-4-6-10(12)16/h4-6,8,14,19H,3,7H2,1-2H3. The van der Waals surface area contributed by atoms with E-state index in [1.165, 1.54) is 19.4 Å². The summed E-state index contributed by atoms with van der Waals surface area (Å²) in [5, 5.41) is 14.7. The fourth-order valence-corrected chi connectivity index (χ4v) is 2.67. The lowest BCUT2D eigenvalue weighted by atomic mass is 10.1. The van der Waals surface area contributed by atoms with Gasteiger partial charge in [0, 0.05) is 16.6 Å². The molecule has 108 valence electrons. The van der Waals surface area contributed by atoms with Gasteiger partial charge in [-0.05, 0) is 18.6 Å². The van der Waals surface area contributed by atoms with E-state index in [9.17, 15) is 9.50 Å². The van der Waals surface area contributed by atoms with E-state index in [-0.39, 0.29) is 5.56 Å². The van der Waals surface area contributed by atoms with Crippen molar-refractivity contribution in [2.45, 2.75) is 26.0 Å². The fourth-order valence-electron chi connectivity index (χ4n) is 2.11. The zero-order chi connectivity index (χ0) is 14.7. The van der Waals surface area contributed by atoms with Crippen molar-refractivity contribution in [3.63, 3.8) is 0 Å². The second kappa shape index (κ2) is 6.37. The number of hydrogen-bond acceptors (Lipinski definition) is 3. The molecule has 0 radical (unpaired) electrons. The Hall–Kier alpha value is -1.40. The van der Waals surface area contributed by atoms with Gasteiger partial charge in [-0.25, -0.2) is 4.39 Å². The van der Waals surface area contributed by atoms with E-state index in [0.29, 0.717) is 22.5 Å². The first-order valence-electron chi connectivity index (χ1n) is 6.31. The average Bonchev–Trinajstić information content (AvgIpc) is 2.81. The molecule has 0 bridgehead atoms. The number of aryl methyl sites for hydroxylation is 1. The van der Waals surface area contributed by atoms with Crippen molar-refractivity contribution in [1.82, 2.24) is 9.78 Å². The van der Waals surface area contributed by atoms with Crippen LogP contribution in [0.1, 0.15) is 30.7 Å². The van der Waals surface area contributed by atoms with E-state index in [2.05, 4.69) is 21.0 Å². The molecular weight excluding hydrogens is 327 g/mol. The van der Waals surface area contributed by atoms with Gasteiger partial charge in [-0.1, -0.05) is 28.9 Å². The van der Waals surface area contributed by atoms with Gasteiger partial charge in [0.15, 0.2) is 5.75 Å². The third-order valence-electron chi connectivity index (χ3n) is 3.03. The van der Waals surface area contributed by atoms with Crippen LogP contribution in [0.4, 0.5) is 4.39 Å². The molecule has 20 heavy (non-hydrogen) atoms. The Morgan fingerprint density at radius 1 is 1.50 bits per heavy atom. The first kappa shape index (κ1) is 15.0. The van der Waals surface area contributed by atoms with Crippen LogP contribution in [0, 0.1) is 5.82 Å². The lowest BCUT2D eigenvalue weighted by Gasteiger charge is -2.17. The number of benzene rings is 1. The Morgan fingerprint density at radius 3 is 2.85 bits per heavy atom. The van der Waals surface area contributed by atoms with Crippen molar-refractivity contribution in [3.05, 3.63) is 45.9 Å². The van der Waals surface area contributed by atoms with Gasteiger partial charge in [0.05, 0.1) is 13.3 Å². The normalized spacial score (nSPS) is 12.4. The molecular formula is C14H16BrFN2O2. The number of aromatic nitrogens is 2. The number of nitrogens with zero attached hydrogens (tertiary/aromatic N) is 2. The molecule has 0 spiro atoms. The molecule has 2 rings (SSSR count). The minimum absolute atomic E-state index is 0.184. The number of aliphatic hydroxyl groups is 1. The number of halogens is 2. The van der Waals surface area contributed by atoms with Crippen LogP contribution in [0.25, 0.3) is 0 Å². The van der Waals surface area contributed by atoms with E-state index < -0.39 is 11.9 Å². The van der Waals surface area contributed by atoms with Crippen molar-refractivity contribution in [2.75, 3.05) is 7.11 Å². The van der Waals surface area contributed by atoms with E-state index >= 15 is 0 Å². The van der Waals surface area contributed by atoms with Gasteiger partial charge in [-0.15, -0.1) is 0 Å². The number of hydrogen-bond donors (Lipinski definition) is 1. The lowest BCUT2D eigenvalue weighted by molar-refractivity contribution is 0.196. The molecule has 6 heteroatoms. The molecule has 2 aromatic rings. The minimum atomic E-state index is -1.14. The summed E-state index contributed by atoms with van der Waals surface area (Å²) in [6, 6.07) is 4.58. The predicted octanol–water partition coefficient (Wildman–Crippen LogP) is 3.29. The smallest absolute Gasteiger partial charge is 0.163 e. The third kappa shape index (κ3) is 2.71. The SMILES string of the molecule is CCCn1ncc(OC)c1C(O)c1c(F)cccc1Br. The minimum Gasteiger partial charge on any atom is -0.493 e. The molecule has 0 aliphatic heterocycles. The Morgan fingerprint density at radius 2 is 2.25 bits per heavy atom. The predicted molar refractivity (Wildman–Crippen MR) is 77.2 cm³/mol. The number of aliphatic hydroxyl groups excluding tert-OH is 1. The molecule has 1 heterocycles. The molecule has 0 fully saturated rings. The molecule has 0 aliphatic rings. The molecule has 0 saturated carbocycles. The number of rotatable bonds is 5. The molecule has 1 N–H and O–H groups in total. The van der Waals surface area contributed by atoms with Gasteiger partial charge in [0.2, 0.25) is 0 Å². The Bertz CT molecular complexity index is 581. The summed E-state index contributed by atoms with van der Waals surface area (Å²) in [7, 11) is 1.50. The second-order valence-corrected chi connectivity index (χ2v) is 5.21. The summed E-state index contributed by atoms with van der Waals surface area (Å²) in [6.45, 7) is 2.63. The summed E-state index contributed by atoms with van der Waals surface area (Å²) in [5.41, 5.74) is 0.642. The van der Waals surface area contributed by atoms with Gasteiger partial charge < -0.3 is 9.84 Å². The summed E-state index contributed by atoms with van der Waals surface area (Å²) in [6.07, 6.45) is 1.24. The van der Waals surface area contributed by atoms with Gasteiger partial charge in [-0.3, -0.25) is 4.68 Å². The van der Waals surface area contributed by atoms with E-state index in [1.54, 1.807) is 16.8 Å². The Kier molecular flexibility index (Phi) is 4.77. The first-order chi connectivity index (χ1) is 9.60. The highest BCUT2D eigenvalue weighted by atomic mass is 79.9. The monoisotopic (exact) mass is 342 g/mol. The topological polar surface area (TPSA) is 47.3 Å². The quantitative estimate of drug-likeness (QED) is 0.906. The number of ether oxygens (including phenoxy) is 1. The van der Waals surface area contributed by atoms with Crippen molar-refractivity contribution >= 4 is 15.9 Å².